The predicted molar refractivity (Wildman–Crippen MR) is 249 cm³/mol. The molecule has 3 heterocycles. The molecular weight excluding hydrogens is 729 g/mol. The second-order valence-electron chi connectivity index (χ2n) is 15.7. The highest BCUT2D eigenvalue weighted by Gasteiger charge is 2.25. The molecule has 0 saturated heterocycles. The predicted octanol–water partition coefficient (Wildman–Crippen LogP) is 14.5. The monoisotopic (exact) mass is 762 g/mol. The Kier molecular flexibility index (Phi) is 6.98. The first-order valence-corrected chi connectivity index (χ1v) is 20.5. The largest absolute Gasteiger partial charge is 0.309 e. The number of fused-ring (bicyclic) bond motifs is 16. The van der Waals surface area contributed by atoms with E-state index in [2.05, 4.69) is 209 Å². The van der Waals surface area contributed by atoms with Gasteiger partial charge in [-0.2, -0.15) is 0 Å². The number of hydrogen-bond donors (Lipinski definition) is 0. The van der Waals surface area contributed by atoms with Crippen LogP contribution in [0.25, 0.3) is 122 Å². The Morgan fingerprint density at radius 3 is 1.47 bits per heavy atom. The molecule has 60 heavy (non-hydrogen) atoms. The summed E-state index contributed by atoms with van der Waals surface area (Å²) < 4.78 is 4.84. The maximum Gasteiger partial charge on any atom is 0.159 e. The molecule has 0 unspecified atom stereocenters. The minimum atomic E-state index is 0.693. The van der Waals surface area contributed by atoms with Crippen LogP contribution in [0.4, 0.5) is 0 Å². The first-order chi connectivity index (χ1) is 29.8. The highest BCUT2D eigenvalue weighted by molar-refractivity contribution is 6.29. The fraction of sp³-hybridized carbons (Fsp3) is 0. The van der Waals surface area contributed by atoms with E-state index in [1.807, 2.05) is 6.20 Å². The molecule has 3 aromatic heterocycles. The minimum Gasteiger partial charge on any atom is -0.309 e. The number of para-hydroxylation sites is 2. The van der Waals surface area contributed by atoms with Crippen LogP contribution >= 0.6 is 0 Å². The van der Waals surface area contributed by atoms with Gasteiger partial charge in [-0.05, 0) is 87.1 Å². The third-order valence-electron chi connectivity index (χ3n) is 12.5. The Hall–Kier alpha value is -8.08. The van der Waals surface area contributed by atoms with Crippen LogP contribution in [0.5, 0.6) is 0 Å². The van der Waals surface area contributed by atoms with Gasteiger partial charge in [0.2, 0.25) is 0 Å². The van der Waals surface area contributed by atoms with Crippen molar-refractivity contribution in [3.63, 3.8) is 0 Å². The molecule has 0 fully saturated rings. The Morgan fingerprint density at radius 1 is 0.333 bits per heavy atom. The van der Waals surface area contributed by atoms with Crippen molar-refractivity contribution < 1.29 is 0 Å². The molecule has 1 aliphatic rings. The zero-order chi connectivity index (χ0) is 39.3. The Morgan fingerprint density at radius 2 is 0.833 bits per heavy atom. The van der Waals surface area contributed by atoms with Gasteiger partial charge in [0.1, 0.15) is 0 Å². The summed E-state index contributed by atoms with van der Waals surface area (Å²) in [5, 5.41) is 7.43. The first kappa shape index (κ1) is 32.9. The molecule has 1 aliphatic carbocycles. The topological polar surface area (TPSA) is 35.6 Å². The maximum atomic E-state index is 5.45. The SMILES string of the molecule is c1cc(-c2ncc3c(n2)-c2ccccc2-c2ccccc2-c2ccccc2-3)cc(-n2c3ccccc3c3c4c5ccccc5n(-c5ccc6ccccc6c5)c4ccc32)c1. The Bertz CT molecular complexity index is 3730. The molecule has 278 valence electrons. The molecule has 0 saturated carbocycles. The number of hydrogen-bond acceptors (Lipinski definition) is 2. The highest BCUT2D eigenvalue weighted by Crippen LogP contribution is 2.47. The zero-order valence-electron chi connectivity index (χ0n) is 32.4. The number of benzene rings is 9. The van der Waals surface area contributed by atoms with Gasteiger partial charge < -0.3 is 9.13 Å². The van der Waals surface area contributed by atoms with Crippen molar-refractivity contribution in [1.82, 2.24) is 19.1 Å². The highest BCUT2D eigenvalue weighted by atomic mass is 15.0. The molecular formula is C56H34N4. The third-order valence-corrected chi connectivity index (χ3v) is 12.5. The summed E-state index contributed by atoms with van der Waals surface area (Å²) in [5.41, 5.74) is 16.8. The van der Waals surface area contributed by atoms with Crippen LogP contribution < -0.4 is 0 Å². The second-order valence-corrected chi connectivity index (χ2v) is 15.7. The standard InChI is InChI=1S/C56H34N4/c1-2-15-36-32-39(29-28-35(36)14-1)60-50-27-12-10-25-47(50)54-52(60)31-30-51-53(54)46-24-9-11-26-49(46)59(51)38-17-13-16-37(33-38)56-57-34-48-44-22-6-5-20-42(44)40-18-3-4-19-41(40)43-21-7-8-23-45(43)55(48)58-56/h1-34H. The molecule has 0 aliphatic heterocycles. The summed E-state index contributed by atoms with van der Waals surface area (Å²) in [7, 11) is 0. The molecule has 9 aromatic carbocycles. The van der Waals surface area contributed by atoms with Gasteiger partial charge in [-0.15, -0.1) is 0 Å². The molecule has 13 rings (SSSR count). The van der Waals surface area contributed by atoms with E-state index >= 15 is 0 Å². The zero-order valence-corrected chi connectivity index (χ0v) is 32.4. The molecule has 0 bridgehead atoms. The van der Waals surface area contributed by atoms with Crippen molar-refractivity contribution in [1.29, 1.82) is 0 Å². The lowest BCUT2D eigenvalue weighted by Gasteiger charge is -2.22. The molecule has 0 radical (unpaired) electrons. The van der Waals surface area contributed by atoms with E-state index < -0.39 is 0 Å². The number of rotatable bonds is 3. The van der Waals surface area contributed by atoms with E-state index in [0.717, 1.165) is 50.4 Å². The van der Waals surface area contributed by atoms with E-state index in [0.29, 0.717) is 5.82 Å². The van der Waals surface area contributed by atoms with Crippen LogP contribution in [0.3, 0.4) is 0 Å². The summed E-state index contributed by atoms with van der Waals surface area (Å²) in [5.74, 6) is 0.693. The first-order valence-electron chi connectivity index (χ1n) is 20.5. The van der Waals surface area contributed by atoms with E-state index in [9.17, 15) is 0 Å². The lowest BCUT2D eigenvalue weighted by molar-refractivity contribution is 1.16. The van der Waals surface area contributed by atoms with Crippen molar-refractivity contribution in [2.24, 2.45) is 0 Å². The van der Waals surface area contributed by atoms with E-state index in [4.69, 9.17) is 9.97 Å². The fourth-order valence-corrected chi connectivity index (χ4v) is 9.93. The molecule has 0 N–H and O–H groups in total. The Balaban J connectivity index is 1.02. The van der Waals surface area contributed by atoms with Gasteiger partial charge in [0, 0.05) is 55.8 Å². The maximum absolute atomic E-state index is 5.45. The van der Waals surface area contributed by atoms with Crippen LogP contribution in [-0.2, 0) is 0 Å². The summed E-state index contributed by atoms with van der Waals surface area (Å²) in [6, 6.07) is 72.3. The lowest BCUT2D eigenvalue weighted by atomic mass is 9.83. The average molecular weight is 763 g/mol. The van der Waals surface area contributed by atoms with Crippen molar-refractivity contribution in [3.05, 3.63) is 206 Å². The number of nitrogens with zero attached hydrogens (tertiary/aromatic N) is 4. The van der Waals surface area contributed by atoms with Crippen LogP contribution in [0, 0.1) is 0 Å². The average Bonchev–Trinajstić information content (AvgIpc) is 3.84. The second kappa shape index (κ2) is 12.7. The summed E-state index contributed by atoms with van der Waals surface area (Å²) in [4.78, 5) is 10.6. The molecule has 0 atom stereocenters. The third kappa shape index (κ3) is 4.73. The molecule has 4 nitrogen and oxygen atoms in total. The van der Waals surface area contributed by atoms with E-state index in [-0.39, 0.29) is 0 Å². The van der Waals surface area contributed by atoms with Gasteiger partial charge in [0.15, 0.2) is 5.82 Å². The van der Waals surface area contributed by atoms with Crippen molar-refractivity contribution in [3.8, 4) is 67.4 Å². The fourth-order valence-electron chi connectivity index (χ4n) is 9.93. The van der Waals surface area contributed by atoms with Crippen molar-refractivity contribution in [2.45, 2.75) is 0 Å². The Labute approximate surface area is 345 Å². The van der Waals surface area contributed by atoms with Crippen LogP contribution in [0.1, 0.15) is 0 Å². The molecule has 12 aromatic rings. The van der Waals surface area contributed by atoms with E-state index in [1.165, 1.54) is 65.6 Å². The van der Waals surface area contributed by atoms with Crippen molar-refractivity contribution in [2.75, 3.05) is 0 Å². The van der Waals surface area contributed by atoms with Gasteiger partial charge in [-0.3, -0.25) is 0 Å². The van der Waals surface area contributed by atoms with Crippen LogP contribution in [-0.4, -0.2) is 19.1 Å². The van der Waals surface area contributed by atoms with Crippen LogP contribution in [0.2, 0.25) is 0 Å². The minimum absolute atomic E-state index is 0.693. The van der Waals surface area contributed by atoms with E-state index in [1.54, 1.807) is 0 Å². The molecule has 0 amide bonds. The van der Waals surface area contributed by atoms with Gasteiger partial charge in [0.25, 0.3) is 0 Å². The molecule has 0 spiro atoms. The summed E-state index contributed by atoms with van der Waals surface area (Å²) in [6.07, 6.45) is 2.02. The number of aromatic nitrogens is 4. The van der Waals surface area contributed by atoms with Gasteiger partial charge in [0.05, 0.1) is 27.8 Å². The van der Waals surface area contributed by atoms with Crippen LogP contribution in [0.15, 0.2) is 206 Å². The smallest absolute Gasteiger partial charge is 0.159 e. The molecule has 4 heteroatoms. The normalized spacial score (nSPS) is 12.0. The lowest BCUT2D eigenvalue weighted by Crippen LogP contribution is -2.01. The van der Waals surface area contributed by atoms with Gasteiger partial charge >= 0.3 is 0 Å². The van der Waals surface area contributed by atoms with Crippen molar-refractivity contribution >= 4 is 54.4 Å². The van der Waals surface area contributed by atoms with Gasteiger partial charge in [-0.1, -0.05) is 152 Å². The summed E-state index contributed by atoms with van der Waals surface area (Å²) >= 11 is 0. The van der Waals surface area contributed by atoms with Gasteiger partial charge in [-0.25, -0.2) is 9.97 Å². The summed E-state index contributed by atoms with van der Waals surface area (Å²) in [6.45, 7) is 0. The quantitative estimate of drug-likeness (QED) is 0.180.